The molecular formula is C15H11Cl3N4O3. The summed E-state index contributed by atoms with van der Waals surface area (Å²) >= 11 is 17.9. The maximum atomic E-state index is 12.5. The summed E-state index contributed by atoms with van der Waals surface area (Å²) in [4.78, 5) is 40.9. The maximum Gasteiger partial charge on any atom is 0.332 e. The van der Waals surface area contributed by atoms with Gasteiger partial charge in [0.25, 0.3) is 5.56 Å². The molecule has 0 bridgehead atoms. The number of Topliss-reactive ketones (excluding diaryl/α,β-unsaturated/α-hetero) is 1. The lowest BCUT2D eigenvalue weighted by molar-refractivity contribution is 0.0973. The molecule has 10 heteroatoms. The molecule has 2 heterocycles. The van der Waals surface area contributed by atoms with Crippen LogP contribution in [0.25, 0.3) is 11.2 Å². The third-order valence-electron chi connectivity index (χ3n) is 3.84. The Bertz CT molecular complexity index is 1140. The second kappa shape index (κ2) is 6.33. The highest BCUT2D eigenvalue weighted by Gasteiger charge is 2.20. The topological polar surface area (TPSA) is 78.9 Å². The molecule has 0 unspecified atom stereocenters. The Morgan fingerprint density at radius 1 is 1.08 bits per heavy atom. The lowest BCUT2D eigenvalue weighted by Crippen LogP contribution is -2.37. The van der Waals surface area contributed by atoms with E-state index in [-0.39, 0.29) is 33.8 Å². The zero-order valence-corrected chi connectivity index (χ0v) is 15.4. The molecular weight excluding hydrogens is 391 g/mol. The predicted octanol–water partition coefficient (Wildman–Crippen LogP) is 2.28. The fourth-order valence-corrected chi connectivity index (χ4v) is 3.03. The molecule has 130 valence electrons. The highest BCUT2D eigenvalue weighted by atomic mass is 35.5. The second-order valence-electron chi connectivity index (χ2n) is 5.40. The van der Waals surface area contributed by atoms with Crippen LogP contribution in [0.15, 0.2) is 27.8 Å². The number of carbonyl (C=O) groups is 1. The molecule has 3 aromatic rings. The van der Waals surface area contributed by atoms with Crippen LogP contribution in [-0.4, -0.2) is 24.5 Å². The van der Waals surface area contributed by atoms with E-state index in [4.69, 9.17) is 34.8 Å². The Morgan fingerprint density at radius 2 is 1.76 bits per heavy atom. The number of hydrogen-bond acceptors (Lipinski definition) is 4. The highest BCUT2D eigenvalue weighted by molar-refractivity contribution is 6.42. The monoisotopic (exact) mass is 400 g/mol. The largest absolute Gasteiger partial charge is 0.332 e. The van der Waals surface area contributed by atoms with Crippen LogP contribution in [0.4, 0.5) is 0 Å². The predicted molar refractivity (Wildman–Crippen MR) is 96.0 cm³/mol. The minimum atomic E-state index is -0.583. The van der Waals surface area contributed by atoms with Gasteiger partial charge in [0.15, 0.2) is 16.9 Å². The Morgan fingerprint density at radius 3 is 2.40 bits per heavy atom. The van der Waals surface area contributed by atoms with Gasteiger partial charge >= 0.3 is 5.69 Å². The van der Waals surface area contributed by atoms with E-state index in [9.17, 15) is 14.4 Å². The SMILES string of the molecule is Cn1c(=O)c2nc(Cl)n(CC(=O)c3ccc(Cl)c(Cl)c3)c2n(C)c1=O. The fourth-order valence-electron chi connectivity index (χ4n) is 2.51. The molecule has 0 amide bonds. The normalized spacial score (nSPS) is 11.2. The first kappa shape index (κ1) is 17.7. The summed E-state index contributed by atoms with van der Waals surface area (Å²) in [6.07, 6.45) is 0. The molecule has 2 aromatic heterocycles. The van der Waals surface area contributed by atoms with Crippen molar-refractivity contribution in [3.8, 4) is 0 Å². The molecule has 3 rings (SSSR count). The zero-order chi connectivity index (χ0) is 18.5. The van der Waals surface area contributed by atoms with Crippen LogP contribution in [0.3, 0.4) is 0 Å². The van der Waals surface area contributed by atoms with E-state index in [1.165, 1.54) is 41.4 Å². The molecule has 0 aliphatic rings. The van der Waals surface area contributed by atoms with Crippen molar-refractivity contribution in [3.05, 3.63) is 59.9 Å². The molecule has 25 heavy (non-hydrogen) atoms. The summed E-state index contributed by atoms with van der Waals surface area (Å²) in [6.45, 7) is -0.215. The van der Waals surface area contributed by atoms with E-state index in [1.807, 2.05) is 0 Å². The number of carbonyl (C=O) groups excluding carboxylic acids is 1. The van der Waals surface area contributed by atoms with Crippen LogP contribution in [-0.2, 0) is 20.6 Å². The standard InChI is InChI=1S/C15H11Cl3N4O3/c1-20-12-11(13(24)21(2)15(20)25)19-14(18)22(12)6-10(23)7-3-4-8(16)9(17)5-7/h3-5H,6H2,1-2H3. The number of rotatable bonds is 3. The number of nitrogens with zero attached hydrogens (tertiary/aromatic N) is 4. The van der Waals surface area contributed by atoms with Crippen LogP contribution in [0.1, 0.15) is 10.4 Å². The van der Waals surface area contributed by atoms with Crippen molar-refractivity contribution < 1.29 is 4.79 Å². The molecule has 0 N–H and O–H groups in total. The minimum Gasteiger partial charge on any atom is -0.293 e. The van der Waals surface area contributed by atoms with Gasteiger partial charge in [-0.2, -0.15) is 0 Å². The van der Waals surface area contributed by atoms with Gasteiger partial charge < -0.3 is 0 Å². The number of halogens is 3. The van der Waals surface area contributed by atoms with Crippen molar-refractivity contribution in [1.82, 2.24) is 18.7 Å². The number of aromatic nitrogens is 4. The lowest BCUT2D eigenvalue weighted by atomic mass is 10.1. The lowest BCUT2D eigenvalue weighted by Gasteiger charge is -2.09. The number of benzene rings is 1. The van der Waals surface area contributed by atoms with Crippen LogP contribution >= 0.6 is 34.8 Å². The van der Waals surface area contributed by atoms with Gasteiger partial charge in [0.05, 0.1) is 16.6 Å². The molecule has 0 aliphatic carbocycles. The van der Waals surface area contributed by atoms with Crippen molar-refractivity contribution in [2.45, 2.75) is 6.54 Å². The molecule has 0 atom stereocenters. The Labute approximate surface area is 156 Å². The van der Waals surface area contributed by atoms with E-state index >= 15 is 0 Å². The molecule has 0 saturated heterocycles. The van der Waals surface area contributed by atoms with E-state index in [0.717, 1.165) is 4.57 Å². The quantitative estimate of drug-likeness (QED) is 0.498. The van der Waals surface area contributed by atoms with Gasteiger partial charge in [0.1, 0.15) is 0 Å². The van der Waals surface area contributed by atoms with Gasteiger partial charge in [0, 0.05) is 19.7 Å². The summed E-state index contributed by atoms with van der Waals surface area (Å²) in [7, 11) is 2.82. The summed E-state index contributed by atoms with van der Waals surface area (Å²) < 4.78 is 3.46. The first-order chi connectivity index (χ1) is 11.7. The van der Waals surface area contributed by atoms with Gasteiger partial charge in [-0.15, -0.1) is 0 Å². The average Bonchev–Trinajstić information content (AvgIpc) is 2.90. The Balaban J connectivity index is 2.15. The van der Waals surface area contributed by atoms with Gasteiger partial charge in [-0.25, -0.2) is 9.78 Å². The third-order valence-corrected chi connectivity index (χ3v) is 4.86. The minimum absolute atomic E-state index is 0.0107. The number of ketones is 1. The maximum absolute atomic E-state index is 12.5. The van der Waals surface area contributed by atoms with Crippen molar-refractivity contribution in [3.63, 3.8) is 0 Å². The van der Waals surface area contributed by atoms with Crippen molar-refractivity contribution in [2.75, 3.05) is 0 Å². The average molecular weight is 402 g/mol. The Hall–Kier alpha value is -2.09. The number of hydrogen-bond donors (Lipinski definition) is 0. The smallest absolute Gasteiger partial charge is 0.293 e. The van der Waals surface area contributed by atoms with Crippen LogP contribution < -0.4 is 11.2 Å². The van der Waals surface area contributed by atoms with Crippen LogP contribution in [0.2, 0.25) is 15.3 Å². The highest BCUT2D eigenvalue weighted by Crippen LogP contribution is 2.24. The molecule has 0 spiro atoms. The molecule has 0 fully saturated rings. The molecule has 1 aromatic carbocycles. The summed E-state index contributed by atoms with van der Waals surface area (Å²) in [6, 6.07) is 4.48. The zero-order valence-electron chi connectivity index (χ0n) is 13.1. The van der Waals surface area contributed by atoms with Gasteiger partial charge in [0.2, 0.25) is 5.28 Å². The molecule has 0 radical (unpaired) electrons. The summed E-state index contributed by atoms with van der Waals surface area (Å²) in [5.74, 6) is -0.326. The van der Waals surface area contributed by atoms with Crippen LogP contribution in [0, 0.1) is 0 Å². The van der Waals surface area contributed by atoms with Gasteiger partial charge in [-0.1, -0.05) is 23.2 Å². The fraction of sp³-hybridized carbons (Fsp3) is 0.200. The van der Waals surface area contributed by atoms with Crippen molar-refractivity contribution >= 4 is 51.7 Å². The Kier molecular flexibility index (Phi) is 4.49. The first-order valence-corrected chi connectivity index (χ1v) is 8.15. The van der Waals surface area contributed by atoms with E-state index in [2.05, 4.69) is 4.98 Å². The summed E-state index contributed by atoms with van der Waals surface area (Å²) in [5, 5.41) is 0.507. The summed E-state index contributed by atoms with van der Waals surface area (Å²) in [5.41, 5.74) is -0.623. The van der Waals surface area contributed by atoms with E-state index in [1.54, 1.807) is 0 Å². The first-order valence-electron chi connectivity index (χ1n) is 7.02. The number of aryl methyl sites for hydroxylation is 1. The third kappa shape index (κ3) is 2.88. The molecule has 0 aliphatic heterocycles. The molecule has 0 saturated carbocycles. The van der Waals surface area contributed by atoms with Crippen molar-refractivity contribution in [1.29, 1.82) is 0 Å². The second-order valence-corrected chi connectivity index (χ2v) is 6.55. The van der Waals surface area contributed by atoms with Crippen molar-refractivity contribution in [2.24, 2.45) is 14.1 Å². The van der Waals surface area contributed by atoms with Gasteiger partial charge in [-0.3, -0.25) is 23.3 Å². The van der Waals surface area contributed by atoms with E-state index in [0.29, 0.717) is 10.6 Å². The van der Waals surface area contributed by atoms with E-state index < -0.39 is 11.2 Å². The van der Waals surface area contributed by atoms with Gasteiger partial charge in [-0.05, 0) is 29.8 Å². The number of fused-ring (bicyclic) bond motifs is 1. The number of imidazole rings is 1. The van der Waals surface area contributed by atoms with Crippen LogP contribution in [0.5, 0.6) is 0 Å². The molecule has 7 nitrogen and oxygen atoms in total.